The average Bonchev–Trinajstić information content (AvgIpc) is 2.36. The van der Waals surface area contributed by atoms with Crippen LogP contribution in [0.4, 0.5) is 5.82 Å². The molecule has 0 saturated heterocycles. The topological polar surface area (TPSA) is 37.8 Å². The minimum atomic E-state index is 0.00214. The average molecular weight is 269 g/mol. The maximum Gasteiger partial charge on any atom is 0.161 e. The summed E-state index contributed by atoms with van der Waals surface area (Å²) < 4.78 is 0. The predicted molar refractivity (Wildman–Crippen MR) is 85.2 cm³/mol. The second-order valence-corrected chi connectivity index (χ2v) is 6.34. The first-order chi connectivity index (χ1) is 9.29. The Morgan fingerprint density at radius 3 is 2.00 bits per heavy atom. The van der Waals surface area contributed by atoms with Crippen molar-refractivity contribution in [2.75, 3.05) is 12.4 Å². The zero-order valence-corrected chi connectivity index (χ0v) is 13.2. The zero-order chi connectivity index (χ0) is 14.9. The number of nitrogens with one attached hydrogen (secondary N) is 1. The number of aryl methyl sites for hydroxylation is 2. The van der Waals surface area contributed by atoms with Crippen molar-refractivity contribution in [3.8, 4) is 11.4 Å². The van der Waals surface area contributed by atoms with Crippen LogP contribution in [0, 0.1) is 13.8 Å². The fraction of sp³-hybridized carbons (Fsp3) is 0.412. The van der Waals surface area contributed by atoms with Crippen LogP contribution < -0.4 is 5.32 Å². The first-order valence-electron chi connectivity index (χ1n) is 6.95. The largest absolute Gasteiger partial charge is 0.373 e. The highest BCUT2D eigenvalue weighted by molar-refractivity contribution is 5.60. The summed E-state index contributed by atoms with van der Waals surface area (Å²) >= 11 is 0. The van der Waals surface area contributed by atoms with E-state index < -0.39 is 0 Å². The van der Waals surface area contributed by atoms with Crippen LogP contribution in [0.1, 0.15) is 37.6 Å². The van der Waals surface area contributed by atoms with E-state index in [0.29, 0.717) is 0 Å². The number of rotatable bonds is 2. The molecule has 0 radical (unpaired) electrons. The zero-order valence-electron chi connectivity index (χ0n) is 13.2. The Kier molecular flexibility index (Phi) is 3.80. The van der Waals surface area contributed by atoms with Crippen molar-refractivity contribution in [2.24, 2.45) is 0 Å². The molecule has 2 aromatic rings. The van der Waals surface area contributed by atoms with E-state index in [1.54, 1.807) is 0 Å². The van der Waals surface area contributed by atoms with Gasteiger partial charge in [-0.1, -0.05) is 38.0 Å². The number of aromatic nitrogens is 2. The minimum absolute atomic E-state index is 0.00214. The van der Waals surface area contributed by atoms with Gasteiger partial charge in [-0.3, -0.25) is 0 Å². The molecule has 0 atom stereocenters. The van der Waals surface area contributed by atoms with Crippen LogP contribution in [0.25, 0.3) is 11.4 Å². The van der Waals surface area contributed by atoms with Gasteiger partial charge in [0.15, 0.2) is 5.82 Å². The van der Waals surface area contributed by atoms with Crippen molar-refractivity contribution in [3.63, 3.8) is 0 Å². The highest BCUT2D eigenvalue weighted by Gasteiger charge is 2.18. The summed E-state index contributed by atoms with van der Waals surface area (Å²) in [6, 6.07) is 8.45. The number of benzene rings is 1. The molecule has 0 spiro atoms. The molecule has 2 rings (SSSR count). The molecule has 0 saturated carbocycles. The molecule has 0 aliphatic rings. The van der Waals surface area contributed by atoms with Crippen LogP contribution in [0.2, 0.25) is 0 Å². The summed E-state index contributed by atoms with van der Waals surface area (Å²) in [5.41, 5.74) is 4.59. The quantitative estimate of drug-likeness (QED) is 0.892. The molecule has 1 aromatic carbocycles. The summed E-state index contributed by atoms with van der Waals surface area (Å²) in [7, 11) is 1.89. The van der Waals surface area contributed by atoms with Gasteiger partial charge in [0.05, 0.1) is 5.69 Å². The standard InChI is InChI=1S/C17H23N3/c1-11-7-12(2)9-13(8-11)16-19-14(17(3,4)5)10-15(18-6)20-16/h7-10H,1-6H3,(H,18,19,20). The monoisotopic (exact) mass is 269 g/mol. The summed E-state index contributed by atoms with van der Waals surface area (Å²) in [4.78, 5) is 9.35. The smallest absolute Gasteiger partial charge is 0.161 e. The van der Waals surface area contributed by atoms with E-state index in [2.05, 4.69) is 63.1 Å². The lowest BCUT2D eigenvalue weighted by molar-refractivity contribution is 0.568. The third-order valence-corrected chi connectivity index (χ3v) is 3.23. The molecule has 20 heavy (non-hydrogen) atoms. The minimum Gasteiger partial charge on any atom is -0.373 e. The van der Waals surface area contributed by atoms with E-state index in [9.17, 15) is 0 Å². The van der Waals surface area contributed by atoms with Crippen molar-refractivity contribution in [1.29, 1.82) is 0 Å². The van der Waals surface area contributed by atoms with Crippen LogP contribution in [-0.2, 0) is 5.41 Å². The van der Waals surface area contributed by atoms with Gasteiger partial charge in [-0.25, -0.2) is 9.97 Å². The lowest BCUT2D eigenvalue weighted by atomic mass is 9.91. The first-order valence-corrected chi connectivity index (χ1v) is 6.95. The Labute approximate surface area is 121 Å². The van der Waals surface area contributed by atoms with Gasteiger partial charge in [0, 0.05) is 24.1 Å². The molecule has 0 bridgehead atoms. The van der Waals surface area contributed by atoms with Crippen molar-refractivity contribution in [2.45, 2.75) is 40.0 Å². The van der Waals surface area contributed by atoms with Gasteiger partial charge in [-0.2, -0.15) is 0 Å². The Bertz CT molecular complexity index is 604. The van der Waals surface area contributed by atoms with Crippen molar-refractivity contribution < 1.29 is 0 Å². The molecular formula is C17H23N3. The number of hydrogen-bond donors (Lipinski definition) is 1. The maximum atomic E-state index is 4.75. The fourth-order valence-electron chi connectivity index (χ4n) is 2.19. The first kappa shape index (κ1) is 14.5. The van der Waals surface area contributed by atoms with Gasteiger partial charge < -0.3 is 5.32 Å². The third-order valence-electron chi connectivity index (χ3n) is 3.23. The molecule has 1 heterocycles. The lowest BCUT2D eigenvalue weighted by Crippen LogP contribution is -2.15. The van der Waals surface area contributed by atoms with Crippen molar-refractivity contribution in [3.05, 3.63) is 41.1 Å². The molecule has 0 unspecified atom stereocenters. The van der Waals surface area contributed by atoms with Gasteiger partial charge >= 0.3 is 0 Å². The van der Waals surface area contributed by atoms with E-state index in [4.69, 9.17) is 4.98 Å². The second-order valence-electron chi connectivity index (χ2n) is 6.34. The third kappa shape index (κ3) is 3.16. The van der Waals surface area contributed by atoms with Gasteiger partial charge in [-0.05, 0) is 26.0 Å². The van der Waals surface area contributed by atoms with Crippen LogP contribution >= 0.6 is 0 Å². The van der Waals surface area contributed by atoms with Gasteiger partial charge in [0.25, 0.3) is 0 Å². The van der Waals surface area contributed by atoms with Gasteiger partial charge in [-0.15, -0.1) is 0 Å². The molecular weight excluding hydrogens is 246 g/mol. The van der Waals surface area contributed by atoms with Gasteiger partial charge in [0.1, 0.15) is 5.82 Å². The van der Waals surface area contributed by atoms with E-state index in [-0.39, 0.29) is 5.41 Å². The molecule has 3 nitrogen and oxygen atoms in total. The fourth-order valence-corrected chi connectivity index (χ4v) is 2.19. The van der Waals surface area contributed by atoms with Crippen LogP contribution in [0.15, 0.2) is 24.3 Å². The van der Waals surface area contributed by atoms with Crippen LogP contribution in [0.3, 0.4) is 0 Å². The molecule has 1 aromatic heterocycles. The Hall–Kier alpha value is -1.90. The lowest BCUT2D eigenvalue weighted by Gasteiger charge is -2.19. The number of anilines is 1. The van der Waals surface area contributed by atoms with Gasteiger partial charge in [0.2, 0.25) is 0 Å². The second kappa shape index (κ2) is 5.23. The van der Waals surface area contributed by atoms with Crippen LogP contribution in [-0.4, -0.2) is 17.0 Å². The van der Waals surface area contributed by atoms with E-state index in [1.165, 1.54) is 11.1 Å². The van der Waals surface area contributed by atoms with Crippen LogP contribution in [0.5, 0.6) is 0 Å². The maximum absolute atomic E-state index is 4.75. The highest BCUT2D eigenvalue weighted by Crippen LogP contribution is 2.26. The van der Waals surface area contributed by atoms with E-state index in [1.807, 2.05) is 13.1 Å². The highest BCUT2D eigenvalue weighted by atomic mass is 15.0. The SMILES string of the molecule is CNc1cc(C(C)(C)C)nc(-c2cc(C)cc(C)c2)n1. The summed E-state index contributed by atoms with van der Waals surface area (Å²) in [6.45, 7) is 10.7. The molecule has 3 heteroatoms. The number of hydrogen-bond acceptors (Lipinski definition) is 3. The molecule has 0 aliphatic heterocycles. The van der Waals surface area contributed by atoms with Crippen molar-refractivity contribution in [1.82, 2.24) is 9.97 Å². The summed E-state index contributed by atoms with van der Waals surface area (Å²) in [5, 5.41) is 3.13. The molecule has 0 amide bonds. The summed E-state index contributed by atoms with van der Waals surface area (Å²) in [5.74, 6) is 1.65. The Morgan fingerprint density at radius 2 is 1.50 bits per heavy atom. The van der Waals surface area contributed by atoms with E-state index >= 15 is 0 Å². The Morgan fingerprint density at radius 1 is 0.900 bits per heavy atom. The Balaban J connectivity index is 2.61. The summed E-state index contributed by atoms with van der Waals surface area (Å²) in [6.07, 6.45) is 0. The van der Waals surface area contributed by atoms with Crippen molar-refractivity contribution >= 4 is 5.82 Å². The molecule has 106 valence electrons. The van der Waals surface area contributed by atoms with E-state index in [0.717, 1.165) is 22.9 Å². The molecule has 0 fully saturated rings. The predicted octanol–water partition coefficient (Wildman–Crippen LogP) is 4.10. The number of nitrogens with zero attached hydrogens (tertiary/aromatic N) is 2. The normalized spacial score (nSPS) is 11.5. The molecule has 1 N–H and O–H groups in total. The molecule has 0 aliphatic carbocycles.